The molecular formula is C26H19F3N6O3S. The number of rotatable bonds is 5. The fourth-order valence-electron chi connectivity index (χ4n) is 4.03. The van der Waals surface area contributed by atoms with E-state index >= 15 is 0 Å². The number of alkyl halides is 3. The number of hydrogen-bond donors (Lipinski definition) is 2. The summed E-state index contributed by atoms with van der Waals surface area (Å²) < 4.78 is 43.9. The molecule has 0 saturated carbocycles. The van der Waals surface area contributed by atoms with Crippen LogP contribution < -0.4 is 16.7 Å². The zero-order valence-corrected chi connectivity index (χ0v) is 21.2. The van der Waals surface area contributed by atoms with Crippen LogP contribution in [-0.2, 0) is 13.2 Å². The molecule has 0 bridgehead atoms. The molecule has 198 valence electrons. The molecule has 0 fully saturated rings. The molecule has 9 nitrogen and oxygen atoms in total. The number of carbonyl (C=O) groups excluding carboxylic acids is 2. The first kappa shape index (κ1) is 25.9. The predicted octanol–water partition coefficient (Wildman–Crippen LogP) is 4.53. The zero-order valence-electron chi connectivity index (χ0n) is 20.4. The molecule has 0 radical (unpaired) electrons. The first-order valence-corrected chi connectivity index (χ1v) is 12.2. The Bertz CT molecular complexity index is 1840. The van der Waals surface area contributed by atoms with Gasteiger partial charge in [-0.3, -0.25) is 9.59 Å². The minimum Gasteiger partial charge on any atom is -0.366 e. The molecule has 2 amide bonds. The Balaban J connectivity index is 1.58. The molecule has 3 aromatic carbocycles. The Hall–Kier alpha value is -4.78. The molecule has 0 spiro atoms. The van der Waals surface area contributed by atoms with E-state index in [1.807, 2.05) is 0 Å². The van der Waals surface area contributed by atoms with Crippen LogP contribution in [-0.4, -0.2) is 31.1 Å². The maximum absolute atomic E-state index is 13.7. The Kier molecular flexibility index (Phi) is 6.30. The number of carbonyl (C=O) groups is 2. The van der Waals surface area contributed by atoms with Crippen LogP contribution in [0.5, 0.6) is 0 Å². The molecule has 0 atom stereocenters. The maximum atomic E-state index is 13.7. The number of nitrogens with one attached hydrogen (secondary N) is 1. The van der Waals surface area contributed by atoms with Crippen molar-refractivity contribution < 1.29 is 22.8 Å². The third-order valence-electron chi connectivity index (χ3n) is 6.01. The number of halogens is 3. The summed E-state index contributed by atoms with van der Waals surface area (Å²) in [5, 5.41) is 6.86. The van der Waals surface area contributed by atoms with Crippen molar-refractivity contribution in [2.75, 3.05) is 5.32 Å². The molecule has 2 heterocycles. The molecular weight excluding hydrogens is 533 g/mol. The maximum Gasteiger partial charge on any atom is 0.416 e. The van der Waals surface area contributed by atoms with Crippen molar-refractivity contribution >= 4 is 39.1 Å². The van der Waals surface area contributed by atoms with Crippen molar-refractivity contribution in [1.29, 1.82) is 0 Å². The first-order chi connectivity index (χ1) is 18.4. The number of primary amides is 1. The van der Waals surface area contributed by atoms with E-state index in [4.69, 9.17) is 5.73 Å². The van der Waals surface area contributed by atoms with E-state index in [-0.39, 0.29) is 32.7 Å². The lowest BCUT2D eigenvalue weighted by atomic mass is 10.1. The molecule has 0 aliphatic rings. The second kappa shape index (κ2) is 9.51. The Morgan fingerprint density at radius 3 is 2.49 bits per heavy atom. The van der Waals surface area contributed by atoms with Gasteiger partial charge in [0, 0.05) is 23.9 Å². The Morgan fingerprint density at radius 2 is 1.85 bits per heavy atom. The molecule has 13 heteroatoms. The zero-order chi connectivity index (χ0) is 28.1. The minimum absolute atomic E-state index is 0.0958. The number of thiazole rings is 1. The second-order valence-electron chi connectivity index (χ2n) is 8.69. The van der Waals surface area contributed by atoms with E-state index in [1.54, 1.807) is 25.1 Å². The quantitative estimate of drug-likeness (QED) is 0.332. The summed E-state index contributed by atoms with van der Waals surface area (Å²) in [6.07, 6.45) is -3.31. The lowest BCUT2D eigenvalue weighted by molar-refractivity contribution is -0.137. The van der Waals surface area contributed by atoms with Gasteiger partial charge in [0.15, 0.2) is 0 Å². The molecule has 0 aliphatic heterocycles. The van der Waals surface area contributed by atoms with Crippen molar-refractivity contribution in [3.8, 4) is 16.3 Å². The molecule has 0 unspecified atom stereocenters. The molecule has 3 N–H and O–H groups in total. The van der Waals surface area contributed by atoms with E-state index in [9.17, 15) is 27.6 Å². The van der Waals surface area contributed by atoms with E-state index < -0.39 is 23.6 Å². The van der Waals surface area contributed by atoms with Crippen LogP contribution in [0.15, 0.2) is 65.7 Å². The van der Waals surface area contributed by atoms with Crippen LogP contribution in [0.2, 0.25) is 0 Å². The average molecular weight is 553 g/mol. The summed E-state index contributed by atoms with van der Waals surface area (Å²) in [5.41, 5.74) is 6.00. The van der Waals surface area contributed by atoms with Crippen LogP contribution in [0.25, 0.3) is 26.5 Å². The number of fused-ring (bicyclic) bond motifs is 1. The first-order valence-electron chi connectivity index (χ1n) is 11.4. The summed E-state index contributed by atoms with van der Waals surface area (Å²) in [6, 6.07) is 12.6. The van der Waals surface area contributed by atoms with Gasteiger partial charge in [0.1, 0.15) is 11.3 Å². The largest absolute Gasteiger partial charge is 0.416 e. The highest BCUT2D eigenvalue weighted by Gasteiger charge is 2.33. The molecule has 2 aromatic heterocycles. The van der Waals surface area contributed by atoms with E-state index in [1.165, 1.54) is 46.9 Å². The highest BCUT2D eigenvalue weighted by Crippen LogP contribution is 2.39. The van der Waals surface area contributed by atoms with Gasteiger partial charge in [0.05, 0.1) is 27.0 Å². The Morgan fingerprint density at radius 1 is 1.08 bits per heavy atom. The summed E-state index contributed by atoms with van der Waals surface area (Å²) >= 11 is 1.01. The lowest BCUT2D eigenvalue weighted by Crippen LogP contribution is -2.21. The normalized spacial score (nSPS) is 11.6. The van der Waals surface area contributed by atoms with Crippen LogP contribution in [0.1, 0.15) is 31.8 Å². The highest BCUT2D eigenvalue weighted by atomic mass is 32.1. The predicted molar refractivity (Wildman–Crippen MR) is 140 cm³/mol. The van der Waals surface area contributed by atoms with E-state index in [0.717, 1.165) is 23.5 Å². The van der Waals surface area contributed by atoms with Gasteiger partial charge in [0.2, 0.25) is 5.91 Å². The Labute approximate surface area is 222 Å². The SMILES string of the molecule is Cc1cc(-n2cnn(C)c2=O)ccc1-c1nc2c(C(=O)Nc3cccc(C(N)=O)c3)cc(C(F)(F)F)cc2s1. The third-order valence-corrected chi connectivity index (χ3v) is 7.05. The summed E-state index contributed by atoms with van der Waals surface area (Å²) in [4.78, 5) is 41.4. The monoisotopic (exact) mass is 552 g/mol. The van der Waals surface area contributed by atoms with Crippen molar-refractivity contribution in [2.24, 2.45) is 12.8 Å². The van der Waals surface area contributed by atoms with E-state index in [0.29, 0.717) is 21.8 Å². The van der Waals surface area contributed by atoms with Crippen molar-refractivity contribution in [3.63, 3.8) is 0 Å². The summed E-state index contributed by atoms with van der Waals surface area (Å²) in [7, 11) is 1.53. The number of aromatic nitrogens is 4. The molecule has 39 heavy (non-hydrogen) atoms. The lowest BCUT2D eigenvalue weighted by Gasteiger charge is -2.11. The smallest absolute Gasteiger partial charge is 0.366 e. The van der Waals surface area contributed by atoms with Crippen LogP contribution >= 0.6 is 11.3 Å². The number of hydrogen-bond acceptors (Lipinski definition) is 6. The van der Waals surface area contributed by atoms with Gasteiger partial charge >= 0.3 is 11.9 Å². The second-order valence-corrected chi connectivity index (χ2v) is 9.72. The van der Waals surface area contributed by atoms with Gasteiger partial charge in [-0.2, -0.15) is 18.3 Å². The number of anilines is 1. The molecule has 5 aromatic rings. The average Bonchev–Trinajstić information content (AvgIpc) is 3.45. The van der Waals surface area contributed by atoms with Gasteiger partial charge in [0.25, 0.3) is 5.91 Å². The van der Waals surface area contributed by atoms with E-state index in [2.05, 4.69) is 15.4 Å². The highest BCUT2D eigenvalue weighted by molar-refractivity contribution is 7.21. The number of nitrogens with zero attached hydrogens (tertiary/aromatic N) is 4. The third kappa shape index (κ3) is 4.91. The summed E-state index contributed by atoms with van der Waals surface area (Å²) in [6.45, 7) is 1.78. The minimum atomic E-state index is -4.70. The van der Waals surface area contributed by atoms with Gasteiger partial charge in [-0.15, -0.1) is 11.3 Å². The number of nitrogens with two attached hydrogens (primary N) is 1. The molecule has 0 saturated heterocycles. The number of amides is 2. The van der Waals surface area contributed by atoms with Crippen molar-refractivity contribution in [1.82, 2.24) is 19.3 Å². The fraction of sp³-hybridized carbons (Fsp3) is 0.115. The van der Waals surface area contributed by atoms with Crippen LogP contribution in [0, 0.1) is 6.92 Å². The topological polar surface area (TPSA) is 125 Å². The summed E-state index contributed by atoms with van der Waals surface area (Å²) in [5.74, 6) is -1.54. The molecule has 5 rings (SSSR count). The number of benzene rings is 3. The van der Waals surface area contributed by atoms with Gasteiger partial charge < -0.3 is 11.1 Å². The van der Waals surface area contributed by atoms with Gasteiger partial charge in [-0.05, 0) is 61.0 Å². The van der Waals surface area contributed by atoms with Crippen molar-refractivity contribution in [3.05, 3.63) is 93.7 Å². The fourth-order valence-corrected chi connectivity index (χ4v) is 5.15. The van der Waals surface area contributed by atoms with Gasteiger partial charge in [-0.25, -0.2) is 19.0 Å². The standard InChI is InChI=1S/C26H19F3N6O3S/c1-13-8-17(35-12-31-34(2)25(35)38)6-7-18(13)24-33-21-19(10-15(26(27,28)29)11-20(21)39-24)23(37)32-16-5-3-4-14(9-16)22(30)36/h3-12H,1-2H3,(H2,30,36)(H,32,37). The van der Waals surface area contributed by atoms with Crippen molar-refractivity contribution in [2.45, 2.75) is 13.1 Å². The van der Waals surface area contributed by atoms with Gasteiger partial charge in [-0.1, -0.05) is 6.07 Å². The van der Waals surface area contributed by atoms with Crippen LogP contribution in [0.3, 0.4) is 0 Å². The van der Waals surface area contributed by atoms with Crippen LogP contribution in [0.4, 0.5) is 18.9 Å². The molecule has 0 aliphatic carbocycles. The number of aryl methyl sites for hydroxylation is 2.